The Hall–Kier alpha value is -0.870. The highest BCUT2D eigenvalue weighted by Crippen LogP contribution is 2.49. The molecule has 0 radical (unpaired) electrons. The summed E-state index contributed by atoms with van der Waals surface area (Å²) in [6, 6.07) is 6.73. The van der Waals surface area contributed by atoms with Crippen LogP contribution in [0, 0.1) is 5.92 Å². The van der Waals surface area contributed by atoms with Gasteiger partial charge in [-0.15, -0.1) is 0 Å². The molecule has 0 bridgehead atoms. The Morgan fingerprint density at radius 1 is 1.26 bits per heavy atom. The van der Waals surface area contributed by atoms with Crippen molar-refractivity contribution in [3.8, 4) is 5.75 Å². The third-order valence-electron chi connectivity index (χ3n) is 2.49. The summed E-state index contributed by atoms with van der Waals surface area (Å²) < 4.78 is 26.6. The number of benzene rings is 1. The van der Waals surface area contributed by atoms with Crippen molar-refractivity contribution in [2.24, 2.45) is 5.92 Å². The molecular weight excluding hydrogens is 291 g/mol. The van der Waals surface area contributed by atoms with Crippen LogP contribution in [-0.2, 0) is 18.4 Å². The maximum atomic E-state index is 11.9. The summed E-state index contributed by atoms with van der Waals surface area (Å²) in [6.07, 6.45) is 0. The molecule has 1 atom stereocenters. The van der Waals surface area contributed by atoms with E-state index in [0.29, 0.717) is 10.8 Å². The van der Waals surface area contributed by atoms with Gasteiger partial charge in [0.1, 0.15) is 5.75 Å². The first-order valence-corrected chi connectivity index (χ1v) is 7.49. The van der Waals surface area contributed by atoms with Crippen molar-refractivity contribution in [3.63, 3.8) is 0 Å². The van der Waals surface area contributed by atoms with E-state index in [4.69, 9.17) is 16.3 Å². The average Bonchev–Trinajstić information content (AvgIpc) is 2.44. The summed E-state index contributed by atoms with van der Waals surface area (Å²) in [5.74, 6) is -0.0323. The van der Waals surface area contributed by atoms with Gasteiger partial charge in [-0.3, -0.25) is 9.36 Å². The molecule has 7 heteroatoms. The maximum absolute atomic E-state index is 11.9. The molecule has 19 heavy (non-hydrogen) atoms. The lowest BCUT2D eigenvalue weighted by atomic mass is 10.2. The summed E-state index contributed by atoms with van der Waals surface area (Å²) in [5, 5.41) is 0.597. The molecule has 0 aliphatic carbocycles. The molecule has 0 spiro atoms. The molecule has 0 saturated carbocycles. The average molecular weight is 307 g/mol. The molecule has 1 rings (SSSR count). The third-order valence-corrected chi connectivity index (χ3v) is 4.68. The molecule has 0 amide bonds. The van der Waals surface area contributed by atoms with E-state index in [0.717, 1.165) is 0 Å². The second-order valence-electron chi connectivity index (χ2n) is 3.87. The van der Waals surface area contributed by atoms with Crippen molar-refractivity contribution in [2.75, 3.05) is 20.8 Å². The molecule has 1 aromatic carbocycles. The first-order chi connectivity index (χ1) is 8.92. The summed E-state index contributed by atoms with van der Waals surface area (Å²) in [5.41, 5.74) is -0.605. The Labute approximate surface area is 117 Å². The molecule has 1 unspecified atom stereocenters. The molecule has 5 nitrogen and oxygen atoms in total. The fraction of sp³-hybridized carbons (Fsp3) is 0.417. The number of halogens is 1. The van der Waals surface area contributed by atoms with E-state index < -0.39 is 19.0 Å². The standard InChI is InChI=1S/C12H16ClO5P/c1-9(12(14)19(15,16-2)17-3)8-18-11-6-4-10(13)5-7-11/h4-7,9H,8H2,1-3H3. The van der Waals surface area contributed by atoms with E-state index in [1.165, 1.54) is 14.2 Å². The minimum Gasteiger partial charge on any atom is -0.493 e. The lowest BCUT2D eigenvalue weighted by molar-refractivity contribution is -0.117. The second-order valence-corrected chi connectivity index (χ2v) is 6.47. The first kappa shape index (κ1) is 16.2. The SMILES string of the molecule is COP(=O)(OC)C(=O)C(C)COc1ccc(Cl)cc1. The van der Waals surface area contributed by atoms with Gasteiger partial charge in [0.2, 0.25) is 5.52 Å². The molecule has 0 saturated heterocycles. The molecule has 106 valence electrons. The Morgan fingerprint density at radius 2 is 1.79 bits per heavy atom. The third kappa shape index (κ3) is 4.32. The lowest BCUT2D eigenvalue weighted by Gasteiger charge is -2.17. The van der Waals surface area contributed by atoms with Gasteiger partial charge < -0.3 is 13.8 Å². The summed E-state index contributed by atoms with van der Waals surface area (Å²) in [7, 11) is -1.35. The molecule has 1 aromatic rings. The molecular formula is C12H16ClO5P. The summed E-state index contributed by atoms with van der Waals surface area (Å²) >= 11 is 5.74. The van der Waals surface area contributed by atoms with Gasteiger partial charge in [0.05, 0.1) is 12.5 Å². The van der Waals surface area contributed by atoms with Crippen molar-refractivity contribution in [1.82, 2.24) is 0 Å². The Bertz CT molecular complexity index is 466. The van der Waals surface area contributed by atoms with Crippen molar-refractivity contribution < 1.29 is 23.1 Å². The van der Waals surface area contributed by atoms with Crippen LogP contribution in [0.3, 0.4) is 0 Å². The van der Waals surface area contributed by atoms with E-state index in [2.05, 4.69) is 9.05 Å². The fourth-order valence-corrected chi connectivity index (χ4v) is 2.60. The molecule has 0 fully saturated rings. The minimum absolute atomic E-state index is 0.0805. The van der Waals surface area contributed by atoms with E-state index in [1.54, 1.807) is 31.2 Å². The van der Waals surface area contributed by atoms with Gasteiger partial charge in [0, 0.05) is 19.2 Å². The quantitative estimate of drug-likeness (QED) is 0.723. The van der Waals surface area contributed by atoms with Gasteiger partial charge in [-0.25, -0.2) is 0 Å². The lowest BCUT2D eigenvalue weighted by Crippen LogP contribution is -2.20. The molecule has 0 aliphatic heterocycles. The van der Waals surface area contributed by atoms with E-state index in [9.17, 15) is 9.36 Å². The van der Waals surface area contributed by atoms with Crippen molar-refractivity contribution in [3.05, 3.63) is 29.3 Å². The van der Waals surface area contributed by atoms with Crippen LogP contribution in [-0.4, -0.2) is 26.4 Å². The zero-order chi connectivity index (χ0) is 14.5. The van der Waals surface area contributed by atoms with Crippen LogP contribution in [0.2, 0.25) is 5.02 Å². The largest absolute Gasteiger partial charge is 0.493 e. The van der Waals surface area contributed by atoms with E-state index >= 15 is 0 Å². The maximum Gasteiger partial charge on any atom is 0.396 e. The number of carbonyl (C=O) groups excluding carboxylic acids is 1. The van der Waals surface area contributed by atoms with Crippen LogP contribution in [0.4, 0.5) is 0 Å². The minimum atomic E-state index is -3.70. The van der Waals surface area contributed by atoms with Crippen molar-refractivity contribution >= 4 is 24.7 Å². The number of ether oxygens (including phenoxy) is 1. The van der Waals surface area contributed by atoms with Crippen LogP contribution in [0.25, 0.3) is 0 Å². The highest BCUT2D eigenvalue weighted by atomic mass is 35.5. The van der Waals surface area contributed by atoms with Crippen LogP contribution >= 0.6 is 19.2 Å². The predicted molar refractivity (Wildman–Crippen MR) is 72.7 cm³/mol. The fourth-order valence-electron chi connectivity index (χ4n) is 1.35. The van der Waals surface area contributed by atoms with E-state index in [1.807, 2.05) is 0 Å². The molecule has 0 heterocycles. The highest BCUT2D eigenvalue weighted by molar-refractivity contribution is 7.71. The van der Waals surface area contributed by atoms with Gasteiger partial charge in [0.25, 0.3) is 0 Å². The van der Waals surface area contributed by atoms with Gasteiger partial charge in [-0.1, -0.05) is 18.5 Å². The van der Waals surface area contributed by atoms with E-state index in [-0.39, 0.29) is 6.61 Å². The second kappa shape index (κ2) is 7.06. The molecule has 0 N–H and O–H groups in total. The number of carbonyl (C=O) groups is 1. The Morgan fingerprint density at radius 3 is 2.26 bits per heavy atom. The first-order valence-electron chi connectivity index (χ1n) is 5.57. The van der Waals surface area contributed by atoms with Crippen LogP contribution in [0.15, 0.2) is 24.3 Å². The van der Waals surface area contributed by atoms with Crippen molar-refractivity contribution in [2.45, 2.75) is 6.92 Å². The van der Waals surface area contributed by atoms with Gasteiger partial charge in [-0.05, 0) is 24.3 Å². The van der Waals surface area contributed by atoms with Crippen LogP contribution in [0.5, 0.6) is 5.75 Å². The highest BCUT2D eigenvalue weighted by Gasteiger charge is 2.36. The Balaban J connectivity index is 2.60. The number of hydrogen-bond donors (Lipinski definition) is 0. The summed E-state index contributed by atoms with van der Waals surface area (Å²) in [4.78, 5) is 11.9. The number of hydrogen-bond acceptors (Lipinski definition) is 5. The zero-order valence-corrected chi connectivity index (χ0v) is 12.6. The monoisotopic (exact) mass is 306 g/mol. The number of rotatable bonds is 7. The topological polar surface area (TPSA) is 61.8 Å². The normalized spacial score (nSPS) is 13.1. The van der Waals surface area contributed by atoms with Crippen LogP contribution < -0.4 is 4.74 Å². The smallest absolute Gasteiger partial charge is 0.396 e. The predicted octanol–water partition coefficient (Wildman–Crippen LogP) is 3.37. The van der Waals surface area contributed by atoms with Gasteiger partial charge in [0.15, 0.2) is 0 Å². The van der Waals surface area contributed by atoms with Crippen LogP contribution in [0.1, 0.15) is 6.92 Å². The van der Waals surface area contributed by atoms with Crippen molar-refractivity contribution in [1.29, 1.82) is 0 Å². The zero-order valence-electron chi connectivity index (χ0n) is 11.0. The van der Waals surface area contributed by atoms with Gasteiger partial charge in [-0.2, -0.15) is 0 Å². The van der Waals surface area contributed by atoms with Gasteiger partial charge >= 0.3 is 7.60 Å². The Kier molecular flexibility index (Phi) is 6.01. The molecule has 0 aliphatic rings. The molecule has 0 aromatic heterocycles. The summed E-state index contributed by atoms with van der Waals surface area (Å²) in [6.45, 7) is 1.68.